The monoisotopic (exact) mass is 485 g/mol. The lowest BCUT2D eigenvalue weighted by Gasteiger charge is -2.03. The van der Waals surface area contributed by atoms with Crippen molar-refractivity contribution in [1.82, 2.24) is 0 Å². The van der Waals surface area contributed by atoms with Gasteiger partial charge in [-0.1, -0.05) is 126 Å². The van der Waals surface area contributed by atoms with Crippen molar-refractivity contribution in [2.45, 2.75) is 103 Å². The van der Waals surface area contributed by atoms with Gasteiger partial charge in [0.05, 0.1) is 0 Å². The van der Waals surface area contributed by atoms with E-state index in [4.69, 9.17) is 0 Å². The number of unbranched alkanes of at least 4 members (excludes halogenated alkanes) is 13. The zero-order valence-corrected chi connectivity index (χ0v) is 21.4. The third kappa shape index (κ3) is 14.3. The summed E-state index contributed by atoms with van der Waals surface area (Å²) in [5.74, 6) is 0. The number of rotatable bonds is 17. The number of halogens is 1. The molecule has 0 atom stereocenters. The standard InChI is InChI=1S/C29H44N.BrH/c1-2-3-4-5-6-7-8-9-10-11-12-13-14-18-25-30-26-23-29(24-27-30)22-21-28-19-16-15-17-20-28;/h15-17,19-24,26-27H,2-14,18,25H2,1H3;1H/q+1;/p-1/b22-21+;. The molecule has 31 heavy (non-hydrogen) atoms. The lowest BCUT2D eigenvalue weighted by Crippen LogP contribution is -3.00. The van der Waals surface area contributed by atoms with Gasteiger partial charge in [-0.15, -0.1) is 0 Å². The summed E-state index contributed by atoms with van der Waals surface area (Å²) in [5.41, 5.74) is 2.51. The average molecular weight is 487 g/mol. The van der Waals surface area contributed by atoms with Gasteiger partial charge < -0.3 is 17.0 Å². The largest absolute Gasteiger partial charge is 1.00 e. The Morgan fingerprint density at radius 2 is 0.968 bits per heavy atom. The van der Waals surface area contributed by atoms with Gasteiger partial charge in [-0.2, -0.15) is 0 Å². The van der Waals surface area contributed by atoms with Crippen molar-refractivity contribution in [3.05, 3.63) is 66.0 Å². The van der Waals surface area contributed by atoms with E-state index >= 15 is 0 Å². The highest BCUT2D eigenvalue weighted by atomic mass is 79.9. The van der Waals surface area contributed by atoms with Crippen molar-refractivity contribution in [3.63, 3.8) is 0 Å². The van der Waals surface area contributed by atoms with E-state index < -0.39 is 0 Å². The van der Waals surface area contributed by atoms with Crippen LogP contribution in [-0.2, 0) is 6.54 Å². The molecule has 0 aliphatic rings. The van der Waals surface area contributed by atoms with Crippen molar-refractivity contribution >= 4 is 12.2 Å². The molecule has 0 fully saturated rings. The first-order valence-electron chi connectivity index (χ1n) is 12.6. The van der Waals surface area contributed by atoms with Gasteiger partial charge in [-0.05, 0) is 17.5 Å². The summed E-state index contributed by atoms with van der Waals surface area (Å²) in [5, 5.41) is 0. The molecule has 0 saturated carbocycles. The van der Waals surface area contributed by atoms with Crippen LogP contribution in [0.25, 0.3) is 12.2 Å². The maximum absolute atomic E-state index is 2.32. The fourth-order valence-corrected chi connectivity index (χ4v) is 3.97. The van der Waals surface area contributed by atoms with Crippen LogP contribution in [0.2, 0.25) is 0 Å². The Hall–Kier alpha value is -1.41. The molecule has 0 unspecified atom stereocenters. The summed E-state index contributed by atoms with van der Waals surface area (Å²) in [6, 6.07) is 14.9. The number of nitrogens with zero attached hydrogens (tertiary/aromatic N) is 1. The average Bonchev–Trinajstić information content (AvgIpc) is 2.79. The van der Waals surface area contributed by atoms with E-state index in [1.165, 1.54) is 101 Å². The first-order valence-corrected chi connectivity index (χ1v) is 12.6. The molecule has 1 heterocycles. The number of pyridine rings is 1. The highest BCUT2D eigenvalue weighted by molar-refractivity contribution is 5.68. The van der Waals surface area contributed by atoms with Crippen molar-refractivity contribution in [3.8, 4) is 0 Å². The molecule has 0 saturated heterocycles. The second-order valence-corrected chi connectivity index (χ2v) is 8.71. The molecule has 0 aliphatic heterocycles. The van der Waals surface area contributed by atoms with E-state index in [0.717, 1.165) is 6.54 Å². The van der Waals surface area contributed by atoms with Crippen LogP contribution in [0.5, 0.6) is 0 Å². The molecule has 0 N–H and O–H groups in total. The minimum Gasteiger partial charge on any atom is -1.00 e. The highest BCUT2D eigenvalue weighted by Crippen LogP contribution is 2.13. The van der Waals surface area contributed by atoms with Crippen LogP contribution in [0.1, 0.15) is 108 Å². The second kappa shape index (κ2) is 19.3. The summed E-state index contributed by atoms with van der Waals surface area (Å²) in [6.45, 7) is 3.43. The van der Waals surface area contributed by atoms with Gasteiger partial charge in [0.25, 0.3) is 0 Å². The van der Waals surface area contributed by atoms with Crippen LogP contribution in [0.3, 0.4) is 0 Å². The predicted octanol–water partition coefficient (Wildman–Crippen LogP) is 5.63. The van der Waals surface area contributed by atoms with Crippen LogP contribution in [0.4, 0.5) is 0 Å². The lowest BCUT2D eigenvalue weighted by molar-refractivity contribution is -0.697. The summed E-state index contributed by atoms with van der Waals surface area (Å²) < 4.78 is 2.32. The Kier molecular flexibility index (Phi) is 17.2. The lowest BCUT2D eigenvalue weighted by atomic mass is 10.0. The molecule has 0 amide bonds. The van der Waals surface area contributed by atoms with E-state index in [0.29, 0.717) is 0 Å². The van der Waals surface area contributed by atoms with Gasteiger partial charge in [0, 0.05) is 18.6 Å². The molecule has 1 aromatic heterocycles. The number of hydrogen-bond donors (Lipinski definition) is 0. The maximum Gasteiger partial charge on any atom is 0.169 e. The number of benzene rings is 1. The van der Waals surface area contributed by atoms with E-state index in [2.05, 4.69) is 78.5 Å². The van der Waals surface area contributed by atoms with Crippen LogP contribution >= 0.6 is 0 Å². The third-order valence-corrected chi connectivity index (χ3v) is 5.95. The minimum atomic E-state index is 0. The molecule has 0 radical (unpaired) electrons. The summed E-state index contributed by atoms with van der Waals surface area (Å²) in [4.78, 5) is 0. The molecule has 2 aromatic rings. The van der Waals surface area contributed by atoms with E-state index in [1.54, 1.807) is 0 Å². The van der Waals surface area contributed by atoms with Crippen molar-refractivity contribution in [1.29, 1.82) is 0 Å². The highest BCUT2D eigenvalue weighted by Gasteiger charge is 2.00. The number of aryl methyl sites for hydroxylation is 1. The first kappa shape index (κ1) is 27.6. The van der Waals surface area contributed by atoms with Gasteiger partial charge in [-0.3, -0.25) is 0 Å². The summed E-state index contributed by atoms with van der Waals surface area (Å²) >= 11 is 0. The van der Waals surface area contributed by atoms with Crippen molar-refractivity contribution in [2.24, 2.45) is 0 Å². The Morgan fingerprint density at radius 1 is 0.548 bits per heavy atom. The van der Waals surface area contributed by atoms with E-state index in [9.17, 15) is 0 Å². The fraction of sp³-hybridized carbons (Fsp3) is 0.552. The SMILES string of the molecule is CCCCCCCCCCCCCCCC[n+]1ccc(/C=C/c2ccccc2)cc1.[Br-]. The topological polar surface area (TPSA) is 3.88 Å². The Balaban J connectivity index is 0.00000480. The predicted molar refractivity (Wildman–Crippen MR) is 132 cm³/mol. The molecule has 0 bridgehead atoms. The molecule has 2 rings (SSSR count). The number of hydrogen-bond acceptors (Lipinski definition) is 0. The molecular formula is C29H44BrN. The van der Waals surface area contributed by atoms with Crippen LogP contribution < -0.4 is 21.5 Å². The Bertz CT molecular complexity index is 663. The Morgan fingerprint density at radius 3 is 1.45 bits per heavy atom. The van der Waals surface area contributed by atoms with Crippen LogP contribution in [0, 0.1) is 0 Å². The van der Waals surface area contributed by atoms with Gasteiger partial charge in [0.2, 0.25) is 0 Å². The zero-order chi connectivity index (χ0) is 21.1. The van der Waals surface area contributed by atoms with Crippen molar-refractivity contribution in [2.75, 3.05) is 0 Å². The normalized spacial score (nSPS) is 11.0. The first-order chi connectivity index (χ1) is 14.9. The van der Waals surface area contributed by atoms with Crippen LogP contribution in [-0.4, -0.2) is 0 Å². The fourth-order valence-electron chi connectivity index (χ4n) is 3.97. The molecule has 2 heteroatoms. The Labute approximate surface area is 202 Å². The van der Waals surface area contributed by atoms with E-state index in [-0.39, 0.29) is 17.0 Å². The van der Waals surface area contributed by atoms with Gasteiger partial charge in [0.15, 0.2) is 12.4 Å². The second-order valence-electron chi connectivity index (χ2n) is 8.71. The van der Waals surface area contributed by atoms with Gasteiger partial charge >= 0.3 is 0 Å². The van der Waals surface area contributed by atoms with Gasteiger partial charge in [-0.25, -0.2) is 4.57 Å². The number of aromatic nitrogens is 1. The quantitative estimate of drug-likeness (QED) is 0.202. The zero-order valence-electron chi connectivity index (χ0n) is 19.8. The maximum atomic E-state index is 2.32. The summed E-state index contributed by atoms with van der Waals surface area (Å²) in [6.07, 6.45) is 28.7. The molecule has 1 nitrogen and oxygen atoms in total. The molecule has 0 spiro atoms. The van der Waals surface area contributed by atoms with Gasteiger partial charge in [0.1, 0.15) is 6.54 Å². The van der Waals surface area contributed by atoms with Crippen LogP contribution in [0.15, 0.2) is 54.9 Å². The molecule has 0 aliphatic carbocycles. The van der Waals surface area contributed by atoms with Crippen molar-refractivity contribution < 1.29 is 21.5 Å². The molecule has 172 valence electrons. The van der Waals surface area contributed by atoms with E-state index in [1.807, 2.05) is 0 Å². The minimum absolute atomic E-state index is 0. The summed E-state index contributed by atoms with van der Waals surface area (Å²) in [7, 11) is 0. The third-order valence-electron chi connectivity index (χ3n) is 5.95. The molecule has 1 aromatic carbocycles. The molecular weight excluding hydrogens is 442 g/mol. The smallest absolute Gasteiger partial charge is 0.169 e.